The van der Waals surface area contributed by atoms with Gasteiger partial charge in [-0.2, -0.15) is 0 Å². The summed E-state index contributed by atoms with van der Waals surface area (Å²) in [6.45, 7) is 6.76. The Morgan fingerprint density at radius 2 is 1.70 bits per heavy atom. The summed E-state index contributed by atoms with van der Waals surface area (Å²) >= 11 is 0. The van der Waals surface area contributed by atoms with Crippen LogP contribution < -0.4 is 9.47 Å². The fraction of sp³-hybridized carbons (Fsp3) is 0.333. The molecular formula is C24H27NO2. The lowest BCUT2D eigenvalue weighted by Crippen LogP contribution is -2.24. The van der Waals surface area contributed by atoms with Crippen molar-refractivity contribution in [3.63, 3.8) is 0 Å². The van der Waals surface area contributed by atoms with E-state index in [4.69, 9.17) is 9.47 Å². The molecular weight excluding hydrogens is 334 g/mol. The molecule has 4 rings (SSSR count). The molecule has 0 N–H and O–H groups in total. The van der Waals surface area contributed by atoms with Gasteiger partial charge in [-0.25, -0.2) is 0 Å². The van der Waals surface area contributed by atoms with Gasteiger partial charge in [0, 0.05) is 30.3 Å². The lowest BCUT2D eigenvalue weighted by molar-refractivity contribution is 0.0997. The number of aromatic nitrogens is 1. The molecule has 0 spiro atoms. The summed E-state index contributed by atoms with van der Waals surface area (Å²) in [5, 5.41) is 0. The van der Waals surface area contributed by atoms with E-state index in [1.54, 1.807) is 7.11 Å². The van der Waals surface area contributed by atoms with Gasteiger partial charge in [0.1, 0.15) is 11.5 Å². The standard InChI is InChI=1S/C24H27NO2/c1-24(2,3)18-9-12-22-21(15-18)20(17-7-10-19(26-4)11-8-17)16-23(27-22)25-13-5-6-14-25/h5-15,20,23H,16H2,1-4H3. The first-order chi connectivity index (χ1) is 13.0. The van der Waals surface area contributed by atoms with Crippen molar-refractivity contribution in [2.24, 2.45) is 0 Å². The highest BCUT2D eigenvalue weighted by molar-refractivity contribution is 5.48. The topological polar surface area (TPSA) is 23.4 Å². The van der Waals surface area contributed by atoms with Crippen LogP contribution in [0, 0.1) is 0 Å². The van der Waals surface area contributed by atoms with Gasteiger partial charge in [0.25, 0.3) is 0 Å². The van der Waals surface area contributed by atoms with E-state index in [2.05, 4.69) is 68.1 Å². The Morgan fingerprint density at radius 1 is 1.00 bits per heavy atom. The molecule has 3 heteroatoms. The molecule has 1 aliphatic heterocycles. The summed E-state index contributed by atoms with van der Waals surface area (Å²) in [7, 11) is 1.70. The van der Waals surface area contributed by atoms with Gasteiger partial charge >= 0.3 is 0 Å². The summed E-state index contributed by atoms with van der Waals surface area (Å²) in [6.07, 6.45) is 5.05. The molecule has 3 aromatic rings. The van der Waals surface area contributed by atoms with Gasteiger partial charge in [0.2, 0.25) is 0 Å². The van der Waals surface area contributed by atoms with E-state index in [0.717, 1.165) is 17.9 Å². The zero-order chi connectivity index (χ0) is 19.0. The van der Waals surface area contributed by atoms with Crippen LogP contribution in [0.25, 0.3) is 0 Å². The number of ether oxygens (including phenoxy) is 2. The third kappa shape index (κ3) is 3.46. The van der Waals surface area contributed by atoms with Crippen LogP contribution in [0.5, 0.6) is 11.5 Å². The van der Waals surface area contributed by atoms with Gasteiger partial charge in [0.05, 0.1) is 7.11 Å². The average Bonchev–Trinajstić information content (AvgIpc) is 3.21. The third-order valence-electron chi connectivity index (χ3n) is 5.43. The number of benzene rings is 2. The zero-order valence-corrected chi connectivity index (χ0v) is 16.5. The fourth-order valence-corrected chi connectivity index (χ4v) is 3.79. The lowest BCUT2D eigenvalue weighted by atomic mass is 9.80. The smallest absolute Gasteiger partial charge is 0.176 e. The Kier molecular flexibility index (Phi) is 4.47. The molecule has 1 aromatic heterocycles. The summed E-state index contributed by atoms with van der Waals surface area (Å²) in [4.78, 5) is 0. The van der Waals surface area contributed by atoms with Crippen molar-refractivity contribution in [1.82, 2.24) is 4.57 Å². The molecule has 0 fully saturated rings. The monoisotopic (exact) mass is 361 g/mol. The number of methoxy groups -OCH3 is 1. The Hall–Kier alpha value is -2.68. The Balaban J connectivity index is 1.79. The second-order valence-electron chi connectivity index (χ2n) is 8.27. The van der Waals surface area contributed by atoms with Crippen molar-refractivity contribution in [2.45, 2.75) is 44.8 Å². The van der Waals surface area contributed by atoms with Crippen LogP contribution in [0.15, 0.2) is 67.0 Å². The first-order valence-corrected chi connectivity index (χ1v) is 9.53. The van der Waals surface area contributed by atoms with Crippen LogP contribution >= 0.6 is 0 Å². The predicted molar refractivity (Wildman–Crippen MR) is 109 cm³/mol. The molecule has 0 amide bonds. The largest absolute Gasteiger partial charge is 0.497 e. The molecule has 2 aromatic carbocycles. The van der Waals surface area contributed by atoms with E-state index in [1.807, 2.05) is 24.3 Å². The van der Waals surface area contributed by atoms with Gasteiger partial charge in [-0.15, -0.1) is 0 Å². The number of hydrogen-bond acceptors (Lipinski definition) is 2. The number of hydrogen-bond donors (Lipinski definition) is 0. The lowest BCUT2D eigenvalue weighted by Gasteiger charge is -2.34. The van der Waals surface area contributed by atoms with Crippen molar-refractivity contribution in [2.75, 3.05) is 7.11 Å². The summed E-state index contributed by atoms with van der Waals surface area (Å²) in [5.74, 6) is 2.15. The molecule has 2 unspecified atom stereocenters. The van der Waals surface area contributed by atoms with Crippen LogP contribution in [0.1, 0.15) is 56.0 Å². The minimum absolute atomic E-state index is 0.0000819. The van der Waals surface area contributed by atoms with Crippen molar-refractivity contribution >= 4 is 0 Å². The van der Waals surface area contributed by atoms with E-state index in [0.29, 0.717) is 0 Å². The van der Waals surface area contributed by atoms with Crippen LogP contribution in [0.4, 0.5) is 0 Å². The van der Waals surface area contributed by atoms with E-state index in [-0.39, 0.29) is 17.6 Å². The number of nitrogens with zero attached hydrogens (tertiary/aromatic N) is 1. The molecule has 2 atom stereocenters. The maximum Gasteiger partial charge on any atom is 0.176 e. The highest BCUT2D eigenvalue weighted by Gasteiger charge is 2.31. The van der Waals surface area contributed by atoms with Gasteiger partial charge in [-0.05, 0) is 46.9 Å². The SMILES string of the molecule is COc1ccc(C2CC(n3cccc3)Oc3ccc(C(C)(C)C)cc32)cc1. The summed E-state index contributed by atoms with van der Waals surface area (Å²) in [6, 6.07) is 19.2. The molecule has 0 aliphatic carbocycles. The van der Waals surface area contributed by atoms with Gasteiger partial charge < -0.3 is 14.0 Å². The highest BCUT2D eigenvalue weighted by atomic mass is 16.5. The maximum absolute atomic E-state index is 6.38. The second-order valence-corrected chi connectivity index (χ2v) is 8.27. The van der Waals surface area contributed by atoms with E-state index < -0.39 is 0 Å². The molecule has 0 saturated carbocycles. The Labute approximate surface area is 161 Å². The minimum atomic E-state index is 0.0000819. The third-order valence-corrected chi connectivity index (χ3v) is 5.43. The molecule has 0 saturated heterocycles. The number of fused-ring (bicyclic) bond motifs is 1. The van der Waals surface area contributed by atoms with Crippen LogP contribution in [-0.2, 0) is 5.41 Å². The van der Waals surface area contributed by atoms with Crippen molar-refractivity contribution in [1.29, 1.82) is 0 Å². The molecule has 140 valence electrons. The van der Waals surface area contributed by atoms with Crippen molar-refractivity contribution in [3.05, 3.63) is 83.7 Å². The van der Waals surface area contributed by atoms with Gasteiger partial charge in [0.15, 0.2) is 6.23 Å². The van der Waals surface area contributed by atoms with Crippen molar-refractivity contribution < 1.29 is 9.47 Å². The van der Waals surface area contributed by atoms with Crippen LogP contribution in [-0.4, -0.2) is 11.7 Å². The van der Waals surface area contributed by atoms with E-state index >= 15 is 0 Å². The molecule has 0 radical (unpaired) electrons. The molecule has 3 nitrogen and oxygen atoms in total. The normalized spacial score (nSPS) is 19.3. The average molecular weight is 361 g/mol. The molecule has 0 bridgehead atoms. The molecule has 27 heavy (non-hydrogen) atoms. The van der Waals surface area contributed by atoms with Crippen LogP contribution in [0.2, 0.25) is 0 Å². The Bertz CT molecular complexity index is 905. The zero-order valence-electron chi connectivity index (χ0n) is 16.5. The van der Waals surface area contributed by atoms with E-state index in [1.165, 1.54) is 16.7 Å². The van der Waals surface area contributed by atoms with Gasteiger partial charge in [-0.3, -0.25) is 0 Å². The highest BCUT2D eigenvalue weighted by Crippen LogP contribution is 2.45. The Morgan fingerprint density at radius 3 is 2.33 bits per heavy atom. The fourth-order valence-electron chi connectivity index (χ4n) is 3.79. The summed E-state index contributed by atoms with van der Waals surface area (Å²) < 4.78 is 13.9. The summed E-state index contributed by atoms with van der Waals surface area (Å²) in [5.41, 5.74) is 4.01. The second kappa shape index (κ2) is 6.80. The van der Waals surface area contributed by atoms with E-state index in [9.17, 15) is 0 Å². The molecule has 1 aliphatic rings. The maximum atomic E-state index is 6.38. The first-order valence-electron chi connectivity index (χ1n) is 9.53. The molecule has 2 heterocycles. The number of rotatable bonds is 3. The minimum Gasteiger partial charge on any atom is -0.497 e. The quantitative estimate of drug-likeness (QED) is 0.579. The van der Waals surface area contributed by atoms with Crippen molar-refractivity contribution in [3.8, 4) is 11.5 Å². The van der Waals surface area contributed by atoms with Crippen LogP contribution in [0.3, 0.4) is 0 Å². The predicted octanol–water partition coefficient (Wildman–Crippen LogP) is 5.91. The van der Waals surface area contributed by atoms with Gasteiger partial charge in [-0.1, -0.05) is 45.0 Å². The first kappa shape index (κ1) is 17.7.